The molecule has 1 aromatic carbocycles. The molecule has 19 heavy (non-hydrogen) atoms. The molecule has 0 aliphatic heterocycles. The number of nitrogens with one attached hydrogen (secondary N) is 2. The first-order valence-corrected chi connectivity index (χ1v) is 6.36. The second kappa shape index (κ2) is 6.78. The zero-order valence-corrected chi connectivity index (χ0v) is 11.9. The number of guanidine groups is 1. The minimum Gasteiger partial charge on any atom is -0.370 e. The summed E-state index contributed by atoms with van der Waals surface area (Å²) in [4.78, 5) is 15.4. The van der Waals surface area contributed by atoms with Crippen LogP contribution in [-0.2, 0) is 4.79 Å². The molecule has 1 rings (SSSR count). The van der Waals surface area contributed by atoms with Crippen LogP contribution in [0.2, 0.25) is 0 Å². The molecule has 5 heteroatoms. The van der Waals surface area contributed by atoms with Crippen molar-refractivity contribution in [2.75, 3.05) is 5.32 Å². The molecule has 0 radical (unpaired) electrons. The molecule has 1 aromatic rings. The van der Waals surface area contributed by atoms with Crippen LogP contribution >= 0.6 is 0 Å². The Balaban J connectivity index is 2.81. The van der Waals surface area contributed by atoms with Crippen LogP contribution in [0.4, 0.5) is 5.69 Å². The van der Waals surface area contributed by atoms with Crippen LogP contribution in [0.1, 0.15) is 39.3 Å². The van der Waals surface area contributed by atoms with Crippen molar-refractivity contribution in [3.05, 3.63) is 29.8 Å². The van der Waals surface area contributed by atoms with Gasteiger partial charge in [-0.25, -0.2) is 4.99 Å². The van der Waals surface area contributed by atoms with Crippen molar-refractivity contribution in [1.82, 2.24) is 5.32 Å². The summed E-state index contributed by atoms with van der Waals surface area (Å²) >= 11 is 0. The van der Waals surface area contributed by atoms with Crippen LogP contribution in [0.25, 0.3) is 0 Å². The van der Waals surface area contributed by atoms with Crippen LogP contribution < -0.4 is 16.4 Å². The van der Waals surface area contributed by atoms with Crippen LogP contribution in [0.5, 0.6) is 0 Å². The fraction of sp³-hybridized carbons (Fsp3) is 0.429. The van der Waals surface area contributed by atoms with Gasteiger partial charge in [-0.3, -0.25) is 4.79 Å². The number of aliphatic imine (C=N–C) groups is 1. The third-order valence-electron chi connectivity index (χ3n) is 2.46. The van der Waals surface area contributed by atoms with E-state index in [1.807, 2.05) is 45.0 Å². The van der Waals surface area contributed by atoms with Gasteiger partial charge in [-0.05, 0) is 38.5 Å². The summed E-state index contributed by atoms with van der Waals surface area (Å²) in [5, 5.41) is 5.80. The molecule has 1 amide bonds. The molecule has 104 valence electrons. The van der Waals surface area contributed by atoms with E-state index in [1.54, 1.807) is 0 Å². The fourth-order valence-corrected chi connectivity index (χ4v) is 1.70. The first-order chi connectivity index (χ1) is 8.88. The molecule has 0 saturated heterocycles. The number of anilines is 1. The van der Waals surface area contributed by atoms with Gasteiger partial charge in [-0.2, -0.15) is 0 Å². The smallest absolute Gasteiger partial charge is 0.221 e. The molecule has 0 saturated carbocycles. The SMILES string of the molecule is CC(=O)Nc1cccc(C(C)N=C(N)NC(C)C)c1. The fourth-order valence-electron chi connectivity index (χ4n) is 1.70. The molecule has 4 N–H and O–H groups in total. The summed E-state index contributed by atoms with van der Waals surface area (Å²) in [5.74, 6) is 0.335. The van der Waals surface area contributed by atoms with Crippen molar-refractivity contribution in [3.63, 3.8) is 0 Å². The van der Waals surface area contributed by atoms with Gasteiger partial charge in [-0.1, -0.05) is 12.1 Å². The monoisotopic (exact) mass is 262 g/mol. The minimum absolute atomic E-state index is 0.0695. The van der Waals surface area contributed by atoms with E-state index in [-0.39, 0.29) is 18.0 Å². The average molecular weight is 262 g/mol. The largest absolute Gasteiger partial charge is 0.370 e. The Morgan fingerprint density at radius 2 is 2.00 bits per heavy atom. The maximum absolute atomic E-state index is 11.0. The quantitative estimate of drug-likeness (QED) is 0.573. The van der Waals surface area contributed by atoms with E-state index >= 15 is 0 Å². The van der Waals surface area contributed by atoms with Crippen LogP contribution in [0.15, 0.2) is 29.3 Å². The summed E-state index contributed by atoms with van der Waals surface area (Å²) in [7, 11) is 0. The summed E-state index contributed by atoms with van der Waals surface area (Å²) in [6, 6.07) is 7.78. The molecule has 0 fully saturated rings. The van der Waals surface area contributed by atoms with Crippen molar-refractivity contribution in [1.29, 1.82) is 0 Å². The highest BCUT2D eigenvalue weighted by atomic mass is 16.1. The van der Waals surface area contributed by atoms with E-state index in [2.05, 4.69) is 15.6 Å². The summed E-state index contributed by atoms with van der Waals surface area (Å²) in [6.45, 7) is 7.45. The average Bonchev–Trinajstić information content (AvgIpc) is 2.27. The zero-order chi connectivity index (χ0) is 14.4. The Hall–Kier alpha value is -2.04. The second-order valence-electron chi connectivity index (χ2n) is 4.80. The predicted molar refractivity (Wildman–Crippen MR) is 79.1 cm³/mol. The first kappa shape index (κ1) is 15.0. The van der Waals surface area contributed by atoms with Crippen LogP contribution in [0, 0.1) is 0 Å². The lowest BCUT2D eigenvalue weighted by Gasteiger charge is -2.13. The number of benzene rings is 1. The highest BCUT2D eigenvalue weighted by molar-refractivity contribution is 5.88. The third-order valence-corrected chi connectivity index (χ3v) is 2.46. The Labute approximate surface area is 114 Å². The van der Waals surface area contributed by atoms with Crippen molar-refractivity contribution >= 4 is 17.6 Å². The maximum atomic E-state index is 11.0. The summed E-state index contributed by atoms with van der Waals surface area (Å²) < 4.78 is 0. The lowest BCUT2D eigenvalue weighted by Crippen LogP contribution is -2.36. The lowest BCUT2D eigenvalue weighted by molar-refractivity contribution is -0.114. The van der Waals surface area contributed by atoms with E-state index in [4.69, 9.17) is 5.73 Å². The van der Waals surface area contributed by atoms with Gasteiger partial charge >= 0.3 is 0 Å². The van der Waals surface area contributed by atoms with E-state index in [9.17, 15) is 4.79 Å². The normalized spacial score (nSPS) is 13.2. The molecule has 0 aliphatic rings. The molecule has 0 spiro atoms. The van der Waals surface area contributed by atoms with Gasteiger partial charge in [0, 0.05) is 18.7 Å². The topological polar surface area (TPSA) is 79.5 Å². The first-order valence-electron chi connectivity index (χ1n) is 6.36. The van der Waals surface area contributed by atoms with Gasteiger partial charge in [0.15, 0.2) is 5.96 Å². The minimum atomic E-state index is -0.0886. The highest BCUT2D eigenvalue weighted by Gasteiger charge is 2.06. The standard InChI is InChI=1S/C14H22N4O/c1-9(2)16-14(15)17-10(3)12-6-5-7-13(8-12)18-11(4)19/h5-10H,1-4H3,(H,18,19)(H3,15,16,17). The maximum Gasteiger partial charge on any atom is 0.221 e. The van der Waals surface area contributed by atoms with Crippen LogP contribution in [-0.4, -0.2) is 17.9 Å². The number of amides is 1. The van der Waals surface area contributed by atoms with Gasteiger partial charge in [0.1, 0.15) is 0 Å². The number of hydrogen-bond donors (Lipinski definition) is 3. The molecular formula is C14H22N4O. The van der Waals surface area contributed by atoms with Crippen molar-refractivity contribution in [3.8, 4) is 0 Å². The number of carbonyl (C=O) groups is 1. The van der Waals surface area contributed by atoms with Crippen molar-refractivity contribution in [2.24, 2.45) is 10.7 Å². The van der Waals surface area contributed by atoms with Crippen molar-refractivity contribution in [2.45, 2.75) is 39.8 Å². The number of carbonyl (C=O) groups excluding carboxylic acids is 1. The molecule has 5 nitrogen and oxygen atoms in total. The Morgan fingerprint density at radius 3 is 2.58 bits per heavy atom. The molecule has 0 aromatic heterocycles. The van der Waals surface area contributed by atoms with E-state index in [1.165, 1.54) is 6.92 Å². The molecule has 1 unspecified atom stereocenters. The Bertz CT molecular complexity index is 468. The highest BCUT2D eigenvalue weighted by Crippen LogP contribution is 2.20. The van der Waals surface area contributed by atoms with E-state index < -0.39 is 0 Å². The Morgan fingerprint density at radius 1 is 1.32 bits per heavy atom. The van der Waals surface area contributed by atoms with Crippen LogP contribution in [0.3, 0.4) is 0 Å². The lowest BCUT2D eigenvalue weighted by atomic mass is 10.1. The molecule has 0 bridgehead atoms. The van der Waals surface area contributed by atoms with Gasteiger partial charge in [-0.15, -0.1) is 0 Å². The summed E-state index contributed by atoms with van der Waals surface area (Å²) in [6.07, 6.45) is 0. The van der Waals surface area contributed by atoms with Gasteiger partial charge < -0.3 is 16.4 Å². The molecular weight excluding hydrogens is 240 g/mol. The van der Waals surface area contributed by atoms with E-state index in [0.717, 1.165) is 11.3 Å². The summed E-state index contributed by atoms with van der Waals surface area (Å²) in [5.41, 5.74) is 7.57. The van der Waals surface area contributed by atoms with Gasteiger partial charge in [0.05, 0.1) is 6.04 Å². The van der Waals surface area contributed by atoms with Gasteiger partial charge in [0.25, 0.3) is 0 Å². The number of nitrogens with zero attached hydrogens (tertiary/aromatic N) is 1. The third kappa shape index (κ3) is 5.42. The second-order valence-corrected chi connectivity index (χ2v) is 4.80. The van der Waals surface area contributed by atoms with Gasteiger partial charge in [0.2, 0.25) is 5.91 Å². The number of nitrogens with two attached hydrogens (primary N) is 1. The zero-order valence-electron chi connectivity index (χ0n) is 11.9. The molecule has 0 aliphatic carbocycles. The molecule has 1 atom stereocenters. The molecule has 0 heterocycles. The number of hydrogen-bond acceptors (Lipinski definition) is 2. The van der Waals surface area contributed by atoms with E-state index in [0.29, 0.717) is 5.96 Å². The Kier molecular flexibility index (Phi) is 5.36. The van der Waals surface area contributed by atoms with Crippen molar-refractivity contribution < 1.29 is 4.79 Å². The number of rotatable bonds is 4. The predicted octanol–water partition coefficient (Wildman–Crippen LogP) is 2.02.